The summed E-state index contributed by atoms with van der Waals surface area (Å²) in [6, 6.07) is 11.5. The molecule has 3 nitrogen and oxygen atoms in total. The van der Waals surface area contributed by atoms with Crippen molar-refractivity contribution in [2.45, 2.75) is 0 Å². The van der Waals surface area contributed by atoms with Crippen molar-refractivity contribution < 1.29 is 8.78 Å². The number of H-pyrrole nitrogens is 1. The van der Waals surface area contributed by atoms with Crippen LogP contribution in [0.15, 0.2) is 48.7 Å². The van der Waals surface area contributed by atoms with Gasteiger partial charge in [0.05, 0.1) is 23.1 Å². The summed E-state index contributed by atoms with van der Waals surface area (Å²) in [4.78, 5) is 7.06. The van der Waals surface area contributed by atoms with Gasteiger partial charge in [-0.1, -0.05) is 30.3 Å². The Morgan fingerprint density at radius 2 is 1.80 bits per heavy atom. The van der Waals surface area contributed by atoms with E-state index in [4.69, 9.17) is 5.73 Å². The van der Waals surface area contributed by atoms with Crippen molar-refractivity contribution in [3.63, 3.8) is 0 Å². The van der Waals surface area contributed by atoms with E-state index in [1.165, 1.54) is 0 Å². The van der Waals surface area contributed by atoms with Gasteiger partial charge in [-0.15, -0.1) is 0 Å². The summed E-state index contributed by atoms with van der Waals surface area (Å²) in [5.41, 5.74) is 6.84. The molecule has 3 N–H and O–H groups in total. The number of hydrogen-bond acceptors (Lipinski definition) is 2. The molecule has 0 fully saturated rings. The van der Waals surface area contributed by atoms with Gasteiger partial charge in [-0.2, -0.15) is 0 Å². The molecule has 0 aliphatic carbocycles. The molecule has 0 aliphatic rings. The van der Waals surface area contributed by atoms with E-state index in [1.807, 2.05) is 30.3 Å². The van der Waals surface area contributed by atoms with Crippen LogP contribution in [0.2, 0.25) is 0 Å². The Morgan fingerprint density at radius 3 is 2.55 bits per heavy atom. The van der Waals surface area contributed by atoms with Gasteiger partial charge in [-0.3, -0.25) is 0 Å². The molecule has 0 atom stereocenters. The van der Waals surface area contributed by atoms with Gasteiger partial charge in [0.1, 0.15) is 11.6 Å². The topological polar surface area (TPSA) is 54.7 Å². The Labute approximate surface area is 114 Å². The Bertz CT molecular complexity index is 751. The minimum absolute atomic E-state index is 0.0182. The van der Waals surface area contributed by atoms with Gasteiger partial charge in [0.15, 0.2) is 5.82 Å². The van der Waals surface area contributed by atoms with Gasteiger partial charge in [0.2, 0.25) is 0 Å². The van der Waals surface area contributed by atoms with E-state index in [1.54, 1.807) is 6.20 Å². The smallest absolute Gasteiger partial charge is 0.157 e. The molecular formula is C15H11F2N3. The minimum Gasteiger partial charge on any atom is -0.396 e. The fourth-order valence-electron chi connectivity index (χ4n) is 2.01. The van der Waals surface area contributed by atoms with Crippen molar-refractivity contribution in [3.05, 3.63) is 60.3 Å². The summed E-state index contributed by atoms with van der Waals surface area (Å²) in [5.74, 6) is -1.04. The third-order valence-electron chi connectivity index (χ3n) is 2.98. The lowest BCUT2D eigenvalue weighted by Gasteiger charge is -2.03. The zero-order valence-corrected chi connectivity index (χ0v) is 10.4. The second kappa shape index (κ2) is 4.77. The highest BCUT2D eigenvalue weighted by Gasteiger charge is 2.14. The van der Waals surface area contributed by atoms with E-state index >= 15 is 0 Å². The number of aromatic amines is 1. The number of rotatable bonds is 2. The number of aromatic nitrogens is 2. The molecule has 20 heavy (non-hydrogen) atoms. The van der Waals surface area contributed by atoms with Crippen LogP contribution in [0.4, 0.5) is 14.5 Å². The molecule has 0 aliphatic heterocycles. The molecular weight excluding hydrogens is 260 g/mol. The minimum atomic E-state index is -0.680. The average Bonchev–Trinajstić information content (AvgIpc) is 2.93. The summed E-state index contributed by atoms with van der Waals surface area (Å²) in [7, 11) is 0. The van der Waals surface area contributed by atoms with E-state index in [0.29, 0.717) is 0 Å². The van der Waals surface area contributed by atoms with E-state index < -0.39 is 11.6 Å². The summed E-state index contributed by atoms with van der Waals surface area (Å²) in [5, 5.41) is 0. The van der Waals surface area contributed by atoms with Gasteiger partial charge in [-0.05, 0) is 17.7 Å². The maximum absolute atomic E-state index is 13.9. The van der Waals surface area contributed by atoms with Crippen molar-refractivity contribution in [2.24, 2.45) is 0 Å². The average molecular weight is 271 g/mol. The van der Waals surface area contributed by atoms with Gasteiger partial charge < -0.3 is 10.7 Å². The second-order valence-electron chi connectivity index (χ2n) is 4.37. The Kier molecular flexibility index (Phi) is 2.95. The van der Waals surface area contributed by atoms with E-state index in [-0.39, 0.29) is 17.1 Å². The Balaban J connectivity index is 2.07. The molecule has 1 heterocycles. The van der Waals surface area contributed by atoms with E-state index in [0.717, 1.165) is 23.4 Å². The first-order chi connectivity index (χ1) is 9.65. The molecule has 0 radical (unpaired) electrons. The molecule has 5 heteroatoms. The van der Waals surface area contributed by atoms with E-state index in [9.17, 15) is 8.78 Å². The third kappa shape index (κ3) is 2.14. The maximum Gasteiger partial charge on any atom is 0.157 e. The van der Waals surface area contributed by atoms with Crippen LogP contribution in [0, 0.1) is 11.6 Å². The molecule has 1 aromatic heterocycles. The lowest BCUT2D eigenvalue weighted by molar-refractivity contribution is 0.606. The molecule has 0 spiro atoms. The second-order valence-corrected chi connectivity index (χ2v) is 4.37. The zero-order chi connectivity index (χ0) is 14.1. The fourth-order valence-corrected chi connectivity index (χ4v) is 2.01. The number of halogens is 2. The highest BCUT2D eigenvalue weighted by atomic mass is 19.1. The predicted molar refractivity (Wildman–Crippen MR) is 73.8 cm³/mol. The van der Waals surface area contributed by atoms with Gasteiger partial charge in [0.25, 0.3) is 0 Å². The van der Waals surface area contributed by atoms with Crippen LogP contribution < -0.4 is 5.73 Å². The monoisotopic (exact) mass is 271 g/mol. The molecule has 0 saturated carbocycles. The first kappa shape index (κ1) is 12.3. The largest absolute Gasteiger partial charge is 0.396 e. The van der Waals surface area contributed by atoms with E-state index in [2.05, 4.69) is 9.97 Å². The first-order valence-corrected chi connectivity index (χ1v) is 6.00. The number of hydrogen-bond donors (Lipinski definition) is 2. The fraction of sp³-hybridized carbons (Fsp3) is 0. The van der Waals surface area contributed by atoms with Gasteiger partial charge in [-0.25, -0.2) is 13.8 Å². The van der Waals surface area contributed by atoms with Gasteiger partial charge >= 0.3 is 0 Å². The van der Waals surface area contributed by atoms with Crippen LogP contribution >= 0.6 is 0 Å². The van der Waals surface area contributed by atoms with Crippen molar-refractivity contribution in [3.8, 4) is 22.6 Å². The standard InChI is InChI=1S/C15H11F2N3/c16-10-6-11(14(17)12(18)7-10)15-19-8-13(20-15)9-4-2-1-3-5-9/h1-8H,18H2,(H,19,20). The number of nitrogens with two attached hydrogens (primary N) is 1. The van der Waals surface area contributed by atoms with Crippen molar-refractivity contribution >= 4 is 5.69 Å². The normalized spacial score (nSPS) is 10.7. The van der Waals surface area contributed by atoms with Crippen LogP contribution in [0.25, 0.3) is 22.6 Å². The summed E-state index contributed by atoms with van der Waals surface area (Å²) in [6.45, 7) is 0. The van der Waals surface area contributed by atoms with Crippen LogP contribution in [0.3, 0.4) is 0 Å². The number of nitrogens with one attached hydrogen (secondary N) is 1. The number of anilines is 1. The molecule has 0 amide bonds. The number of nitrogen functional groups attached to an aromatic ring is 1. The molecule has 100 valence electrons. The van der Waals surface area contributed by atoms with Gasteiger partial charge in [0, 0.05) is 0 Å². The van der Waals surface area contributed by atoms with Crippen LogP contribution in [-0.4, -0.2) is 9.97 Å². The molecule has 3 rings (SSSR count). The predicted octanol–water partition coefficient (Wildman–Crippen LogP) is 3.60. The number of nitrogens with zero attached hydrogens (tertiary/aromatic N) is 1. The third-order valence-corrected chi connectivity index (χ3v) is 2.98. The molecule has 0 unspecified atom stereocenters. The maximum atomic E-state index is 13.9. The van der Waals surface area contributed by atoms with Crippen LogP contribution in [-0.2, 0) is 0 Å². The SMILES string of the molecule is Nc1cc(F)cc(-c2ncc(-c3ccccc3)[nH]2)c1F. The molecule has 0 saturated heterocycles. The Morgan fingerprint density at radius 1 is 1.05 bits per heavy atom. The summed E-state index contributed by atoms with van der Waals surface area (Å²) >= 11 is 0. The summed E-state index contributed by atoms with van der Waals surface area (Å²) in [6.07, 6.45) is 1.57. The lowest BCUT2D eigenvalue weighted by Crippen LogP contribution is -1.96. The molecule has 2 aromatic carbocycles. The first-order valence-electron chi connectivity index (χ1n) is 6.00. The number of imidazole rings is 1. The highest BCUT2D eigenvalue weighted by Crippen LogP contribution is 2.27. The molecule has 3 aromatic rings. The lowest BCUT2D eigenvalue weighted by atomic mass is 10.1. The van der Waals surface area contributed by atoms with Crippen molar-refractivity contribution in [1.29, 1.82) is 0 Å². The quantitative estimate of drug-likeness (QED) is 0.700. The zero-order valence-electron chi connectivity index (χ0n) is 10.4. The summed E-state index contributed by atoms with van der Waals surface area (Å²) < 4.78 is 27.3. The van der Waals surface area contributed by atoms with Crippen LogP contribution in [0.1, 0.15) is 0 Å². The Hall–Kier alpha value is -2.69. The highest BCUT2D eigenvalue weighted by molar-refractivity contribution is 5.67. The number of benzene rings is 2. The molecule has 0 bridgehead atoms. The van der Waals surface area contributed by atoms with Crippen molar-refractivity contribution in [1.82, 2.24) is 9.97 Å². The van der Waals surface area contributed by atoms with Crippen LogP contribution in [0.5, 0.6) is 0 Å². The van der Waals surface area contributed by atoms with Crippen molar-refractivity contribution in [2.75, 3.05) is 5.73 Å².